The summed E-state index contributed by atoms with van der Waals surface area (Å²) in [7, 11) is -5.52. The molecule has 0 aliphatic rings. The maximum absolute atomic E-state index is 12.4. The van der Waals surface area contributed by atoms with Crippen LogP contribution < -0.4 is 0 Å². The number of Topliss-reactive ketones (excluding diaryl/α,β-unsaturated/α-hetero) is 1. The molecule has 3 nitrogen and oxygen atoms in total. The number of halogens is 4. The Labute approximate surface area is 113 Å². The van der Waals surface area contributed by atoms with Crippen molar-refractivity contribution >= 4 is 27.2 Å². The minimum absolute atomic E-state index is 0.162. The Morgan fingerprint density at radius 3 is 2.16 bits per heavy atom. The zero-order valence-corrected chi connectivity index (χ0v) is 11.5. The van der Waals surface area contributed by atoms with Gasteiger partial charge in [-0.3, -0.25) is 4.79 Å². The summed E-state index contributed by atoms with van der Waals surface area (Å²) >= 11 is 5.57. The van der Waals surface area contributed by atoms with Crippen molar-refractivity contribution in [3.05, 3.63) is 28.8 Å². The molecule has 0 heterocycles. The number of hydrogen-bond acceptors (Lipinski definition) is 3. The van der Waals surface area contributed by atoms with Gasteiger partial charge in [0.05, 0.1) is 4.90 Å². The predicted molar refractivity (Wildman–Crippen MR) is 63.9 cm³/mol. The molecule has 0 atom stereocenters. The van der Waals surface area contributed by atoms with Crippen molar-refractivity contribution in [3.8, 4) is 0 Å². The van der Waals surface area contributed by atoms with Crippen LogP contribution in [0.5, 0.6) is 0 Å². The van der Waals surface area contributed by atoms with Crippen LogP contribution in [-0.4, -0.2) is 19.7 Å². The molecule has 1 aromatic rings. The molecule has 0 aliphatic heterocycles. The molecule has 0 amide bonds. The Bertz CT molecular complexity index is 606. The summed E-state index contributed by atoms with van der Waals surface area (Å²) in [5, 5.41) is -0.241. The van der Waals surface area contributed by atoms with Gasteiger partial charge >= 0.3 is 5.51 Å². The molecule has 0 unspecified atom stereocenters. The van der Waals surface area contributed by atoms with Crippen molar-refractivity contribution in [3.63, 3.8) is 0 Å². The third-order valence-corrected chi connectivity index (χ3v) is 3.98. The van der Waals surface area contributed by atoms with E-state index in [9.17, 15) is 26.4 Å². The minimum Gasteiger partial charge on any atom is -0.294 e. The van der Waals surface area contributed by atoms with Crippen LogP contribution in [0.25, 0.3) is 0 Å². The largest absolute Gasteiger partial charge is 0.501 e. The zero-order chi connectivity index (χ0) is 15.0. The van der Waals surface area contributed by atoms with E-state index < -0.39 is 31.9 Å². The third-order valence-electron chi connectivity index (χ3n) is 2.30. The lowest BCUT2D eigenvalue weighted by molar-refractivity contribution is -0.0436. The Morgan fingerprint density at radius 2 is 1.74 bits per heavy atom. The van der Waals surface area contributed by atoms with Gasteiger partial charge < -0.3 is 0 Å². The smallest absolute Gasteiger partial charge is 0.294 e. The first-order chi connectivity index (χ1) is 8.46. The van der Waals surface area contributed by atoms with Crippen molar-refractivity contribution < 1.29 is 26.4 Å². The van der Waals surface area contributed by atoms with Gasteiger partial charge in [-0.05, 0) is 18.2 Å². The molecule has 0 fully saturated rings. The highest BCUT2D eigenvalue weighted by molar-refractivity contribution is 7.92. The Balaban J connectivity index is 3.45. The molecular weight excluding hydrogens is 305 g/mol. The van der Waals surface area contributed by atoms with Gasteiger partial charge in [-0.1, -0.05) is 25.4 Å². The summed E-state index contributed by atoms with van der Waals surface area (Å²) in [4.78, 5) is 10.7. The molecule has 0 spiro atoms. The van der Waals surface area contributed by atoms with Gasteiger partial charge in [-0.15, -0.1) is 0 Å². The zero-order valence-electron chi connectivity index (χ0n) is 9.95. The molecule has 0 radical (unpaired) electrons. The molecule has 8 heteroatoms. The number of carbonyl (C=O) groups is 1. The lowest BCUT2D eigenvalue weighted by atomic mass is 10.0. The second kappa shape index (κ2) is 5.13. The Hall–Kier alpha value is -1.08. The number of sulfone groups is 1. The van der Waals surface area contributed by atoms with Gasteiger partial charge in [0.2, 0.25) is 0 Å². The monoisotopic (exact) mass is 314 g/mol. The fraction of sp³-hybridized carbons (Fsp3) is 0.364. The lowest BCUT2D eigenvalue weighted by Gasteiger charge is -2.11. The summed E-state index contributed by atoms with van der Waals surface area (Å²) in [6.45, 7) is 3.09. The molecule has 1 rings (SSSR count). The van der Waals surface area contributed by atoms with Crippen LogP contribution in [0.3, 0.4) is 0 Å². The standard InChI is InChI=1S/C11H10ClF3O3S/c1-6(2)10(16)7-3-8(12)5-9(4-7)19(17,18)11(13,14)15/h3-6H,1-2H3. The number of hydrogen-bond donors (Lipinski definition) is 0. The summed E-state index contributed by atoms with van der Waals surface area (Å²) in [5.41, 5.74) is -5.60. The normalized spacial score (nSPS) is 12.8. The highest BCUT2D eigenvalue weighted by atomic mass is 35.5. The molecule has 0 aliphatic carbocycles. The summed E-state index contributed by atoms with van der Waals surface area (Å²) < 4.78 is 59.8. The van der Waals surface area contributed by atoms with Crippen molar-refractivity contribution in [2.24, 2.45) is 5.92 Å². The highest BCUT2D eigenvalue weighted by Crippen LogP contribution is 2.32. The van der Waals surface area contributed by atoms with E-state index in [1.54, 1.807) is 13.8 Å². The number of carbonyl (C=O) groups excluding carboxylic acids is 1. The number of alkyl halides is 3. The van der Waals surface area contributed by atoms with Crippen LogP contribution in [0.15, 0.2) is 23.1 Å². The van der Waals surface area contributed by atoms with Gasteiger partial charge in [0.1, 0.15) is 0 Å². The highest BCUT2D eigenvalue weighted by Gasteiger charge is 2.47. The number of ketones is 1. The van der Waals surface area contributed by atoms with Gasteiger partial charge in [0.15, 0.2) is 5.78 Å². The molecule has 1 aromatic carbocycles. The van der Waals surface area contributed by atoms with Gasteiger partial charge in [0, 0.05) is 16.5 Å². The van der Waals surface area contributed by atoms with E-state index in [2.05, 4.69) is 0 Å². The number of benzene rings is 1. The molecule has 0 saturated heterocycles. The van der Waals surface area contributed by atoms with Crippen LogP contribution in [0, 0.1) is 5.92 Å². The summed E-state index contributed by atoms with van der Waals surface area (Å²) in [6.07, 6.45) is 0. The SMILES string of the molecule is CC(C)C(=O)c1cc(Cl)cc(S(=O)(=O)C(F)(F)F)c1. The molecule has 0 saturated carbocycles. The van der Waals surface area contributed by atoms with E-state index in [-0.39, 0.29) is 10.6 Å². The van der Waals surface area contributed by atoms with Gasteiger partial charge in [-0.2, -0.15) is 13.2 Å². The second-order valence-corrected chi connectivity index (χ2v) is 6.52. The van der Waals surface area contributed by atoms with Crippen LogP contribution >= 0.6 is 11.6 Å². The van der Waals surface area contributed by atoms with Gasteiger partial charge in [0.25, 0.3) is 9.84 Å². The van der Waals surface area contributed by atoms with E-state index in [0.29, 0.717) is 12.1 Å². The molecular formula is C11H10ClF3O3S. The quantitative estimate of drug-likeness (QED) is 0.803. The first kappa shape index (κ1) is 16.0. The van der Waals surface area contributed by atoms with Gasteiger partial charge in [-0.25, -0.2) is 8.42 Å². The first-order valence-corrected chi connectivity index (χ1v) is 6.99. The van der Waals surface area contributed by atoms with Crippen LogP contribution in [0.4, 0.5) is 13.2 Å². The van der Waals surface area contributed by atoms with Crippen molar-refractivity contribution in [2.75, 3.05) is 0 Å². The van der Waals surface area contributed by atoms with Crippen molar-refractivity contribution in [1.29, 1.82) is 0 Å². The van der Waals surface area contributed by atoms with Crippen molar-refractivity contribution in [2.45, 2.75) is 24.3 Å². The first-order valence-electron chi connectivity index (χ1n) is 5.13. The minimum atomic E-state index is -5.52. The molecule has 0 aromatic heterocycles. The fourth-order valence-corrected chi connectivity index (χ4v) is 2.46. The van der Waals surface area contributed by atoms with E-state index in [1.807, 2.05) is 0 Å². The number of rotatable bonds is 3. The average molecular weight is 315 g/mol. The fourth-order valence-electron chi connectivity index (χ4n) is 1.33. The van der Waals surface area contributed by atoms with E-state index in [0.717, 1.165) is 6.07 Å². The maximum Gasteiger partial charge on any atom is 0.501 e. The second-order valence-electron chi connectivity index (χ2n) is 4.14. The van der Waals surface area contributed by atoms with Crippen molar-refractivity contribution in [1.82, 2.24) is 0 Å². The topological polar surface area (TPSA) is 51.2 Å². The van der Waals surface area contributed by atoms with Crippen LogP contribution in [0.2, 0.25) is 5.02 Å². The van der Waals surface area contributed by atoms with E-state index in [1.165, 1.54) is 0 Å². The molecule has 0 bridgehead atoms. The summed E-state index contributed by atoms with van der Waals surface area (Å²) in [6, 6.07) is 2.50. The van der Waals surface area contributed by atoms with Crippen LogP contribution in [-0.2, 0) is 9.84 Å². The maximum atomic E-state index is 12.4. The molecule has 19 heavy (non-hydrogen) atoms. The molecule has 0 N–H and O–H groups in total. The third kappa shape index (κ3) is 3.27. The molecule has 106 valence electrons. The lowest BCUT2D eigenvalue weighted by Crippen LogP contribution is -2.23. The van der Waals surface area contributed by atoms with E-state index in [4.69, 9.17) is 11.6 Å². The van der Waals surface area contributed by atoms with Crippen LogP contribution in [0.1, 0.15) is 24.2 Å². The average Bonchev–Trinajstić information content (AvgIpc) is 2.25. The summed E-state index contributed by atoms with van der Waals surface area (Å²) in [5.74, 6) is -0.971. The Kier molecular flexibility index (Phi) is 4.31. The Morgan fingerprint density at radius 1 is 1.21 bits per heavy atom. The predicted octanol–water partition coefficient (Wildman–Crippen LogP) is 3.47. The van der Waals surface area contributed by atoms with E-state index >= 15 is 0 Å².